The Morgan fingerprint density at radius 1 is 0.857 bits per heavy atom. The van der Waals surface area contributed by atoms with E-state index < -0.39 is 24.1 Å². The smallest absolute Gasteiger partial charge is 0.308 e. The van der Waals surface area contributed by atoms with Crippen molar-refractivity contribution in [2.45, 2.75) is 33.9 Å². The predicted molar refractivity (Wildman–Crippen MR) is 152 cm³/mol. The minimum absolute atomic E-state index is 0.0372. The fraction of sp³-hybridized carbons (Fsp3) is 0.194. The highest BCUT2D eigenvalue weighted by Gasteiger charge is 2.38. The maximum absolute atomic E-state index is 12.9. The van der Waals surface area contributed by atoms with Gasteiger partial charge in [0.2, 0.25) is 18.0 Å². The average Bonchev–Trinajstić information content (AvgIpc) is 3.59. The molecule has 0 saturated carbocycles. The third-order valence-electron chi connectivity index (χ3n) is 6.32. The summed E-state index contributed by atoms with van der Waals surface area (Å²) in [4.78, 5) is 36.6. The van der Waals surface area contributed by atoms with Gasteiger partial charge in [-0.2, -0.15) is 10.1 Å². The molecule has 0 fully saturated rings. The van der Waals surface area contributed by atoms with Crippen molar-refractivity contribution in [3.8, 4) is 34.2 Å². The molecule has 0 spiro atoms. The number of esters is 2. The summed E-state index contributed by atoms with van der Waals surface area (Å²) < 4.78 is 24.1. The lowest BCUT2D eigenvalue weighted by Gasteiger charge is -2.19. The van der Waals surface area contributed by atoms with Gasteiger partial charge in [0.15, 0.2) is 11.5 Å². The van der Waals surface area contributed by atoms with Crippen molar-refractivity contribution in [2.24, 2.45) is 5.10 Å². The van der Waals surface area contributed by atoms with Gasteiger partial charge in [-0.25, -0.2) is 4.68 Å². The highest BCUT2D eigenvalue weighted by atomic mass is 16.6. The van der Waals surface area contributed by atoms with Crippen molar-refractivity contribution < 1.29 is 33.3 Å². The zero-order valence-electron chi connectivity index (χ0n) is 23.7. The number of amides is 1. The summed E-state index contributed by atoms with van der Waals surface area (Å²) in [5.41, 5.74) is 4.03. The summed E-state index contributed by atoms with van der Waals surface area (Å²) in [5, 5.41) is 10.5. The van der Waals surface area contributed by atoms with Gasteiger partial charge in [-0.05, 0) is 19.1 Å². The Balaban J connectivity index is 1.64. The van der Waals surface area contributed by atoms with E-state index in [0.29, 0.717) is 11.3 Å². The number of hydrogen-bond acceptors (Lipinski definition) is 9. The molecule has 1 aliphatic heterocycles. The van der Waals surface area contributed by atoms with E-state index in [-0.39, 0.29) is 28.7 Å². The first kappa shape index (κ1) is 28.1. The minimum Gasteiger partial charge on any atom is -0.493 e. The molecule has 3 aromatic carbocycles. The topological polar surface area (TPSA) is 122 Å². The van der Waals surface area contributed by atoms with Gasteiger partial charge in [-0.1, -0.05) is 48.0 Å². The van der Waals surface area contributed by atoms with Crippen LogP contribution in [-0.4, -0.2) is 45.6 Å². The van der Waals surface area contributed by atoms with E-state index in [1.165, 1.54) is 45.0 Å². The third kappa shape index (κ3) is 5.71. The van der Waals surface area contributed by atoms with Crippen LogP contribution >= 0.6 is 0 Å². The highest BCUT2D eigenvalue weighted by Crippen LogP contribution is 2.41. The van der Waals surface area contributed by atoms with Crippen molar-refractivity contribution in [2.75, 3.05) is 7.11 Å². The zero-order valence-corrected chi connectivity index (χ0v) is 23.7. The first-order chi connectivity index (χ1) is 20.1. The Morgan fingerprint density at radius 3 is 2.14 bits per heavy atom. The first-order valence-corrected chi connectivity index (χ1v) is 13.0. The number of para-hydroxylation sites is 1. The molecule has 214 valence electrons. The Labute approximate surface area is 241 Å². The van der Waals surface area contributed by atoms with E-state index in [9.17, 15) is 14.4 Å². The van der Waals surface area contributed by atoms with Crippen molar-refractivity contribution in [1.29, 1.82) is 0 Å². The zero-order chi connectivity index (χ0) is 30.0. The SMILES string of the molecule is COc1cc(OC(C)=O)c(C2=NN(C(C)=O)C(c3cn(-c4ccccc4)nc3-c3ccc(C)cc3)O2)cc1OC(C)=O. The predicted octanol–water partition coefficient (Wildman–Crippen LogP) is 4.95. The van der Waals surface area contributed by atoms with Crippen molar-refractivity contribution in [3.05, 3.63) is 89.6 Å². The van der Waals surface area contributed by atoms with Gasteiger partial charge in [0.1, 0.15) is 11.4 Å². The molecule has 42 heavy (non-hydrogen) atoms. The van der Waals surface area contributed by atoms with E-state index in [4.69, 9.17) is 24.0 Å². The van der Waals surface area contributed by atoms with E-state index in [2.05, 4.69) is 5.10 Å². The lowest BCUT2D eigenvalue weighted by atomic mass is 10.1. The molecular weight excluding hydrogens is 540 g/mol. The van der Waals surface area contributed by atoms with Crippen LogP contribution in [0.5, 0.6) is 17.2 Å². The number of carbonyl (C=O) groups is 3. The van der Waals surface area contributed by atoms with Gasteiger partial charge < -0.3 is 18.9 Å². The Hall–Kier alpha value is -5.45. The second-order valence-electron chi connectivity index (χ2n) is 9.50. The molecule has 11 nitrogen and oxygen atoms in total. The van der Waals surface area contributed by atoms with Gasteiger partial charge in [0, 0.05) is 44.7 Å². The maximum atomic E-state index is 12.9. The van der Waals surface area contributed by atoms with Crippen molar-refractivity contribution in [1.82, 2.24) is 14.8 Å². The molecule has 1 aliphatic rings. The molecule has 0 bridgehead atoms. The minimum atomic E-state index is -1.02. The largest absolute Gasteiger partial charge is 0.493 e. The maximum Gasteiger partial charge on any atom is 0.308 e. The molecular formula is C31H28N4O7. The number of ether oxygens (including phenoxy) is 4. The van der Waals surface area contributed by atoms with Crippen LogP contribution in [0.15, 0.2) is 78.0 Å². The summed E-state index contributed by atoms with van der Waals surface area (Å²) in [5.74, 6) is -1.40. The Bertz CT molecular complexity index is 1690. The van der Waals surface area contributed by atoms with Crippen LogP contribution in [0.25, 0.3) is 16.9 Å². The highest BCUT2D eigenvalue weighted by molar-refractivity contribution is 6.00. The molecule has 0 saturated heterocycles. The van der Waals surface area contributed by atoms with Gasteiger partial charge in [0.05, 0.1) is 23.9 Å². The summed E-state index contributed by atoms with van der Waals surface area (Å²) in [6.45, 7) is 5.84. The number of benzene rings is 3. The second kappa shape index (κ2) is 11.6. The second-order valence-corrected chi connectivity index (χ2v) is 9.50. The summed E-state index contributed by atoms with van der Waals surface area (Å²) in [7, 11) is 1.38. The summed E-state index contributed by atoms with van der Waals surface area (Å²) >= 11 is 0. The van der Waals surface area contributed by atoms with Gasteiger partial charge in [-0.3, -0.25) is 14.4 Å². The number of rotatable bonds is 7. The van der Waals surface area contributed by atoms with Gasteiger partial charge in [-0.15, -0.1) is 5.10 Å². The first-order valence-electron chi connectivity index (χ1n) is 13.0. The standard InChI is InChI=1S/C31H28N4O7/c1-18-11-13-22(14-12-18)29-25(17-34(32-29)23-9-7-6-8-10-23)31-35(19(2)36)33-30(42-31)24-15-28(41-21(4)38)27(39-5)16-26(24)40-20(3)37/h6-17,31H,1-5H3. The number of methoxy groups -OCH3 is 1. The quantitative estimate of drug-likeness (QED) is 0.227. The number of carbonyl (C=O) groups excluding carboxylic acids is 3. The van der Waals surface area contributed by atoms with Crippen LogP contribution in [-0.2, 0) is 19.1 Å². The Morgan fingerprint density at radius 2 is 1.52 bits per heavy atom. The van der Waals surface area contributed by atoms with Gasteiger partial charge in [0.25, 0.3) is 0 Å². The van der Waals surface area contributed by atoms with Crippen LogP contribution in [0.3, 0.4) is 0 Å². The normalized spacial score (nSPS) is 14.2. The average molecular weight is 569 g/mol. The number of hydrazone groups is 1. The molecule has 1 aromatic heterocycles. The Kier molecular flexibility index (Phi) is 7.74. The molecule has 5 rings (SSSR count). The third-order valence-corrected chi connectivity index (χ3v) is 6.32. The molecule has 1 atom stereocenters. The lowest BCUT2D eigenvalue weighted by Crippen LogP contribution is -2.25. The van der Waals surface area contributed by atoms with Crippen LogP contribution in [0.2, 0.25) is 0 Å². The summed E-state index contributed by atoms with van der Waals surface area (Å²) in [6, 6.07) is 20.2. The van der Waals surface area contributed by atoms with Crippen LogP contribution < -0.4 is 14.2 Å². The molecule has 0 aliphatic carbocycles. The van der Waals surface area contributed by atoms with E-state index in [1.807, 2.05) is 61.5 Å². The number of aryl methyl sites for hydroxylation is 1. The fourth-order valence-corrected chi connectivity index (χ4v) is 4.44. The van der Waals surface area contributed by atoms with Crippen molar-refractivity contribution in [3.63, 3.8) is 0 Å². The van der Waals surface area contributed by atoms with Crippen molar-refractivity contribution >= 4 is 23.7 Å². The number of nitrogens with zero attached hydrogens (tertiary/aromatic N) is 4. The van der Waals surface area contributed by atoms with Crippen LogP contribution in [0, 0.1) is 6.92 Å². The fourth-order valence-electron chi connectivity index (χ4n) is 4.44. The molecule has 0 N–H and O–H groups in total. The molecule has 4 aromatic rings. The number of aromatic nitrogens is 2. The molecule has 2 heterocycles. The molecule has 11 heteroatoms. The lowest BCUT2D eigenvalue weighted by molar-refractivity contribution is -0.135. The van der Waals surface area contributed by atoms with Crippen LogP contribution in [0.1, 0.15) is 43.7 Å². The number of hydrogen-bond donors (Lipinski definition) is 0. The molecule has 1 unspecified atom stereocenters. The molecule has 1 amide bonds. The van der Waals surface area contributed by atoms with Gasteiger partial charge >= 0.3 is 11.9 Å². The monoisotopic (exact) mass is 568 g/mol. The summed E-state index contributed by atoms with van der Waals surface area (Å²) in [6.07, 6.45) is 0.769. The van der Waals surface area contributed by atoms with Crippen LogP contribution in [0.4, 0.5) is 0 Å². The van der Waals surface area contributed by atoms with E-state index in [1.54, 1.807) is 10.9 Å². The molecule has 0 radical (unpaired) electrons. The van der Waals surface area contributed by atoms with E-state index >= 15 is 0 Å². The van der Waals surface area contributed by atoms with E-state index in [0.717, 1.165) is 16.8 Å².